The fraction of sp³-hybridized carbons (Fsp3) is 0.714. The largest absolute Gasteiger partial charge is 0.471 e. The van der Waals surface area contributed by atoms with E-state index in [0.717, 1.165) is 13.8 Å². The number of phosphoric acid groups is 1. The minimum absolute atomic E-state index is 0.815. The van der Waals surface area contributed by atoms with Gasteiger partial charge in [-0.1, -0.05) is 0 Å². The molecule has 0 radical (unpaired) electrons. The molecule has 0 rings (SSSR count). The maximum atomic E-state index is 11.2. The molecule has 1 atom stereocenters. The SMILES string of the molecule is CC(=O)C(OP(=O)(O)O)(C(C)=O)C(O)CO. The molecule has 1 unspecified atom stereocenters. The molecule has 0 bridgehead atoms. The van der Waals surface area contributed by atoms with Gasteiger partial charge in [0.05, 0.1) is 6.61 Å². The number of aliphatic hydroxyl groups excluding tert-OH is 2. The Morgan fingerprint density at radius 3 is 1.88 bits per heavy atom. The fourth-order valence-electron chi connectivity index (χ4n) is 1.22. The number of phosphoric ester groups is 1. The van der Waals surface area contributed by atoms with Crippen molar-refractivity contribution in [1.82, 2.24) is 0 Å². The van der Waals surface area contributed by atoms with Crippen molar-refractivity contribution < 1.29 is 38.7 Å². The van der Waals surface area contributed by atoms with E-state index in [1.54, 1.807) is 0 Å². The molecule has 0 aliphatic heterocycles. The topological polar surface area (TPSA) is 141 Å². The van der Waals surface area contributed by atoms with E-state index in [9.17, 15) is 19.3 Å². The summed E-state index contributed by atoms with van der Waals surface area (Å²) in [5.41, 5.74) is -2.74. The molecule has 0 fully saturated rings. The summed E-state index contributed by atoms with van der Waals surface area (Å²) in [5, 5.41) is 18.0. The van der Waals surface area contributed by atoms with Gasteiger partial charge in [0.15, 0.2) is 11.6 Å². The molecule has 0 spiro atoms. The van der Waals surface area contributed by atoms with Crippen molar-refractivity contribution in [2.75, 3.05) is 6.61 Å². The van der Waals surface area contributed by atoms with Gasteiger partial charge in [0.1, 0.15) is 6.10 Å². The van der Waals surface area contributed by atoms with Crippen LogP contribution in [0.25, 0.3) is 0 Å². The highest BCUT2D eigenvalue weighted by Gasteiger charge is 2.52. The van der Waals surface area contributed by atoms with Crippen LogP contribution in [0.5, 0.6) is 0 Å². The molecule has 8 nitrogen and oxygen atoms in total. The first-order valence-corrected chi connectivity index (χ1v) is 5.68. The van der Waals surface area contributed by atoms with E-state index < -0.39 is 37.7 Å². The second-order valence-corrected chi connectivity index (χ2v) is 4.29. The van der Waals surface area contributed by atoms with Crippen LogP contribution in [0.15, 0.2) is 0 Å². The zero-order valence-corrected chi connectivity index (χ0v) is 9.55. The minimum atomic E-state index is -5.17. The Hall–Kier alpha value is -0.630. The molecule has 0 aliphatic carbocycles. The lowest BCUT2D eigenvalue weighted by Crippen LogP contribution is -2.57. The van der Waals surface area contributed by atoms with Gasteiger partial charge < -0.3 is 20.0 Å². The van der Waals surface area contributed by atoms with Crippen molar-refractivity contribution in [3.63, 3.8) is 0 Å². The number of carbonyl (C=O) groups is 2. The van der Waals surface area contributed by atoms with Gasteiger partial charge in [-0.05, 0) is 13.8 Å². The monoisotopic (exact) mass is 256 g/mol. The Kier molecular flexibility index (Phi) is 4.93. The van der Waals surface area contributed by atoms with E-state index >= 15 is 0 Å². The van der Waals surface area contributed by atoms with Crippen molar-refractivity contribution in [3.8, 4) is 0 Å². The lowest BCUT2D eigenvalue weighted by atomic mass is 9.89. The van der Waals surface area contributed by atoms with Crippen LogP contribution in [0.2, 0.25) is 0 Å². The Bertz CT molecular complexity index is 317. The molecule has 0 saturated heterocycles. The molecule has 0 aromatic rings. The molecular formula is C7H13O8P. The van der Waals surface area contributed by atoms with Crippen molar-refractivity contribution >= 4 is 19.4 Å². The summed E-state index contributed by atoms with van der Waals surface area (Å²) in [5.74, 6) is -2.21. The Balaban J connectivity index is 5.54. The highest BCUT2D eigenvalue weighted by atomic mass is 31.2. The van der Waals surface area contributed by atoms with Crippen LogP contribution in [-0.4, -0.2) is 49.9 Å². The first kappa shape index (κ1) is 15.4. The van der Waals surface area contributed by atoms with Crippen molar-refractivity contribution in [1.29, 1.82) is 0 Å². The van der Waals surface area contributed by atoms with Gasteiger partial charge in [-0.2, -0.15) is 0 Å². The average Bonchev–Trinajstić information content (AvgIpc) is 2.10. The highest BCUT2D eigenvalue weighted by molar-refractivity contribution is 7.46. The maximum absolute atomic E-state index is 11.2. The van der Waals surface area contributed by atoms with Gasteiger partial charge >= 0.3 is 7.82 Å². The van der Waals surface area contributed by atoms with Crippen LogP contribution in [0.4, 0.5) is 0 Å². The quantitative estimate of drug-likeness (QED) is 0.327. The van der Waals surface area contributed by atoms with Crippen LogP contribution in [0.3, 0.4) is 0 Å². The third-order valence-electron chi connectivity index (χ3n) is 1.95. The average molecular weight is 256 g/mol. The van der Waals surface area contributed by atoms with Gasteiger partial charge in [0.25, 0.3) is 0 Å². The minimum Gasteiger partial charge on any atom is -0.394 e. The first-order valence-electron chi connectivity index (χ1n) is 4.15. The second-order valence-electron chi connectivity index (χ2n) is 3.13. The molecule has 9 heteroatoms. The van der Waals surface area contributed by atoms with Gasteiger partial charge in [-0.25, -0.2) is 4.57 Å². The van der Waals surface area contributed by atoms with E-state index in [-0.39, 0.29) is 0 Å². The zero-order chi connectivity index (χ0) is 13.1. The van der Waals surface area contributed by atoms with Gasteiger partial charge in [0.2, 0.25) is 5.60 Å². The van der Waals surface area contributed by atoms with E-state index in [2.05, 4.69) is 4.52 Å². The Morgan fingerprint density at radius 2 is 1.69 bits per heavy atom. The number of ketones is 2. The van der Waals surface area contributed by atoms with Crippen molar-refractivity contribution in [3.05, 3.63) is 0 Å². The molecule has 0 aromatic carbocycles. The summed E-state index contributed by atoms with van der Waals surface area (Å²) in [6, 6.07) is 0. The Morgan fingerprint density at radius 1 is 1.31 bits per heavy atom. The summed E-state index contributed by atoms with van der Waals surface area (Å²) in [7, 11) is -5.17. The summed E-state index contributed by atoms with van der Waals surface area (Å²) >= 11 is 0. The summed E-state index contributed by atoms with van der Waals surface area (Å²) < 4.78 is 14.7. The summed E-state index contributed by atoms with van der Waals surface area (Å²) in [6.07, 6.45) is -2.05. The molecule has 0 amide bonds. The molecule has 16 heavy (non-hydrogen) atoms. The number of aliphatic hydroxyl groups is 2. The van der Waals surface area contributed by atoms with Gasteiger partial charge in [-0.3, -0.25) is 14.1 Å². The lowest BCUT2D eigenvalue weighted by Gasteiger charge is -2.31. The second kappa shape index (κ2) is 5.13. The van der Waals surface area contributed by atoms with Crippen LogP contribution in [0, 0.1) is 0 Å². The van der Waals surface area contributed by atoms with Gasteiger partial charge in [-0.15, -0.1) is 0 Å². The third kappa shape index (κ3) is 3.18. The van der Waals surface area contributed by atoms with Crippen LogP contribution in [-0.2, 0) is 18.7 Å². The first-order chi connectivity index (χ1) is 7.08. The maximum Gasteiger partial charge on any atom is 0.471 e. The predicted molar refractivity (Wildman–Crippen MR) is 50.3 cm³/mol. The van der Waals surface area contributed by atoms with Gasteiger partial charge in [0, 0.05) is 0 Å². The number of rotatable bonds is 6. The Labute approximate surface area is 91.1 Å². The van der Waals surface area contributed by atoms with E-state index in [0.29, 0.717) is 0 Å². The third-order valence-corrected chi connectivity index (χ3v) is 2.48. The normalized spacial score (nSPS) is 14.6. The molecular weight excluding hydrogens is 243 g/mol. The standard InChI is InChI=1S/C7H13O8P/c1-4(9)7(5(2)10,6(11)3-8)15-16(12,13)14/h6,8,11H,3H2,1-2H3,(H2,12,13,14). The van der Waals surface area contributed by atoms with Crippen LogP contribution >= 0.6 is 7.82 Å². The van der Waals surface area contributed by atoms with Crippen LogP contribution < -0.4 is 0 Å². The molecule has 0 saturated carbocycles. The highest BCUT2D eigenvalue weighted by Crippen LogP contribution is 2.43. The fourth-order valence-corrected chi connectivity index (χ4v) is 1.98. The molecule has 4 N–H and O–H groups in total. The van der Waals surface area contributed by atoms with E-state index in [4.69, 9.17) is 14.9 Å². The smallest absolute Gasteiger partial charge is 0.394 e. The van der Waals surface area contributed by atoms with Crippen molar-refractivity contribution in [2.24, 2.45) is 0 Å². The molecule has 0 aromatic heterocycles. The number of Topliss-reactive ketones (excluding diaryl/α,β-unsaturated/α-hetero) is 2. The zero-order valence-electron chi connectivity index (χ0n) is 8.65. The summed E-state index contributed by atoms with van der Waals surface area (Å²) in [6.45, 7) is 0.574. The number of hydrogen-bond donors (Lipinski definition) is 4. The molecule has 0 aliphatic rings. The molecule has 94 valence electrons. The number of hydrogen-bond acceptors (Lipinski definition) is 6. The number of carbonyl (C=O) groups excluding carboxylic acids is 2. The van der Waals surface area contributed by atoms with E-state index in [1.807, 2.05) is 0 Å². The van der Waals surface area contributed by atoms with Crippen LogP contribution in [0.1, 0.15) is 13.8 Å². The van der Waals surface area contributed by atoms with E-state index in [1.165, 1.54) is 0 Å². The molecule has 0 heterocycles. The predicted octanol–water partition coefficient (Wildman–Crippen LogP) is -1.63. The lowest BCUT2D eigenvalue weighted by molar-refractivity contribution is -0.161. The van der Waals surface area contributed by atoms with Crippen molar-refractivity contribution in [2.45, 2.75) is 25.6 Å². The summed E-state index contributed by atoms with van der Waals surface area (Å²) in [4.78, 5) is 39.6.